The van der Waals surface area contributed by atoms with E-state index in [1.165, 1.54) is 24.3 Å². The molecule has 7 N–H and O–H groups in total. The lowest BCUT2D eigenvalue weighted by Crippen LogP contribution is -2.25. The molecule has 0 spiro atoms. The number of ether oxygens (including phenoxy) is 2. The summed E-state index contributed by atoms with van der Waals surface area (Å²) in [4.78, 5) is 28.4. The molecule has 1 heterocycles. The molecule has 1 amide bonds. The number of carbonyl (C=O) groups is 2. The van der Waals surface area contributed by atoms with Crippen molar-refractivity contribution in [2.75, 3.05) is 18.5 Å². The SMILES string of the molecule is CC(CCc1ccccc1)Nc1c(F)c(Oc2cccc(C(=N)N)c2)nc(Oc2ccc(C(=O)NCCCO)cc2C(=O)O)c1F. The van der Waals surface area contributed by atoms with Gasteiger partial charge in [0.15, 0.2) is 0 Å². The summed E-state index contributed by atoms with van der Waals surface area (Å²) >= 11 is 0. The molecule has 4 aromatic rings. The third-order valence-corrected chi connectivity index (χ3v) is 6.78. The Morgan fingerprint density at radius 2 is 1.70 bits per heavy atom. The minimum atomic E-state index is -1.48. The molecule has 0 saturated carbocycles. The summed E-state index contributed by atoms with van der Waals surface area (Å²) in [5.74, 6) is -6.54. The Hall–Kier alpha value is -5.56. The quantitative estimate of drug-likeness (QED) is 0.0562. The first-order valence-electron chi connectivity index (χ1n) is 14.3. The average Bonchev–Trinajstić information content (AvgIpc) is 3.05. The van der Waals surface area contributed by atoms with Crippen molar-refractivity contribution in [1.29, 1.82) is 5.41 Å². The fraction of sp³-hybridized carbons (Fsp3) is 0.212. The molecule has 0 radical (unpaired) electrons. The third kappa shape index (κ3) is 8.54. The number of pyridine rings is 1. The first-order valence-corrected chi connectivity index (χ1v) is 14.3. The summed E-state index contributed by atoms with van der Waals surface area (Å²) < 4.78 is 43.0. The van der Waals surface area contributed by atoms with Crippen LogP contribution in [-0.2, 0) is 6.42 Å². The first kappa shape index (κ1) is 33.3. The Morgan fingerprint density at radius 1 is 0.978 bits per heavy atom. The predicted molar refractivity (Wildman–Crippen MR) is 167 cm³/mol. The van der Waals surface area contributed by atoms with Crippen molar-refractivity contribution in [3.8, 4) is 23.3 Å². The number of nitrogens with two attached hydrogens (primary N) is 1. The van der Waals surface area contributed by atoms with E-state index in [0.29, 0.717) is 19.3 Å². The van der Waals surface area contributed by atoms with Gasteiger partial charge in [0.05, 0.1) is 0 Å². The number of carbonyl (C=O) groups excluding carboxylic acids is 1. The molecule has 0 aliphatic carbocycles. The number of anilines is 1. The highest BCUT2D eigenvalue weighted by atomic mass is 19.1. The predicted octanol–water partition coefficient (Wildman–Crippen LogP) is 5.47. The summed E-state index contributed by atoms with van der Waals surface area (Å²) in [5.41, 5.74) is 5.78. The van der Waals surface area contributed by atoms with E-state index in [1.807, 2.05) is 30.3 Å². The number of aliphatic hydroxyl groups excluding tert-OH is 1. The molecule has 0 aliphatic heterocycles. The second-order valence-corrected chi connectivity index (χ2v) is 10.3. The molecule has 46 heavy (non-hydrogen) atoms. The Bertz CT molecular complexity index is 1720. The van der Waals surface area contributed by atoms with Crippen LogP contribution < -0.4 is 25.8 Å². The monoisotopic (exact) mass is 633 g/mol. The number of aromatic carboxylic acids is 1. The third-order valence-electron chi connectivity index (χ3n) is 6.78. The van der Waals surface area contributed by atoms with Gasteiger partial charge < -0.3 is 36.1 Å². The molecule has 0 fully saturated rings. The van der Waals surface area contributed by atoms with Crippen LogP contribution in [0.3, 0.4) is 0 Å². The van der Waals surface area contributed by atoms with Gasteiger partial charge in [0, 0.05) is 30.3 Å². The Labute approximate surface area is 263 Å². The molecule has 0 bridgehead atoms. The van der Waals surface area contributed by atoms with Crippen LogP contribution >= 0.6 is 0 Å². The number of amides is 1. The van der Waals surface area contributed by atoms with Gasteiger partial charge in [-0.15, -0.1) is 0 Å². The summed E-state index contributed by atoms with van der Waals surface area (Å²) in [6.45, 7) is 1.77. The summed E-state index contributed by atoms with van der Waals surface area (Å²) in [6, 6.07) is 18.5. The normalized spacial score (nSPS) is 11.4. The van der Waals surface area contributed by atoms with Crippen LogP contribution in [0.4, 0.5) is 14.5 Å². The molecule has 11 nitrogen and oxygen atoms in total. The molecule has 1 unspecified atom stereocenters. The highest BCUT2D eigenvalue weighted by Gasteiger charge is 2.26. The standard InChI is InChI=1S/C33H33F2N5O6/c1-19(11-12-20-7-3-2-4-8-20)39-28-26(34)31(45-23-10-5-9-21(17-23)29(36)37)40-32(27(28)35)46-25-14-13-22(18-24(25)33(43)44)30(42)38-15-6-16-41/h2-5,7-10,13-14,17-19,41H,6,11-12,15-16H2,1H3,(H3,36,37)(H,38,42)(H,39,40)(H,43,44). The van der Waals surface area contributed by atoms with Gasteiger partial charge in [-0.2, -0.15) is 13.8 Å². The number of nitrogens with one attached hydrogen (secondary N) is 3. The number of nitrogens with zero attached hydrogens (tertiary/aromatic N) is 1. The summed E-state index contributed by atoms with van der Waals surface area (Å²) in [5, 5.41) is 31.8. The van der Waals surface area contributed by atoms with Crippen LogP contribution in [0, 0.1) is 17.0 Å². The number of amidine groups is 1. The van der Waals surface area contributed by atoms with Crippen molar-refractivity contribution in [1.82, 2.24) is 10.3 Å². The fourth-order valence-electron chi connectivity index (χ4n) is 4.36. The maximum Gasteiger partial charge on any atom is 0.339 e. The van der Waals surface area contributed by atoms with E-state index in [1.54, 1.807) is 13.0 Å². The largest absolute Gasteiger partial charge is 0.478 e. The molecule has 1 atom stereocenters. The zero-order valence-corrected chi connectivity index (χ0v) is 24.8. The van der Waals surface area contributed by atoms with E-state index >= 15 is 8.78 Å². The Kier molecular flexibility index (Phi) is 11.2. The van der Waals surface area contributed by atoms with E-state index in [-0.39, 0.29) is 41.6 Å². The van der Waals surface area contributed by atoms with Crippen LogP contribution in [0.25, 0.3) is 0 Å². The van der Waals surface area contributed by atoms with E-state index in [0.717, 1.165) is 17.7 Å². The molecular formula is C33H33F2N5O6. The number of halogens is 2. The first-order chi connectivity index (χ1) is 22.1. The number of benzene rings is 3. The molecule has 240 valence electrons. The lowest BCUT2D eigenvalue weighted by atomic mass is 10.1. The summed E-state index contributed by atoms with van der Waals surface area (Å²) in [6.07, 6.45) is 1.43. The van der Waals surface area contributed by atoms with Crippen molar-refractivity contribution < 1.29 is 38.1 Å². The van der Waals surface area contributed by atoms with Gasteiger partial charge in [-0.25, -0.2) is 4.79 Å². The Morgan fingerprint density at radius 3 is 2.37 bits per heavy atom. The topological polar surface area (TPSA) is 180 Å². The van der Waals surface area contributed by atoms with E-state index < -0.39 is 52.6 Å². The van der Waals surface area contributed by atoms with Crippen LogP contribution in [0.2, 0.25) is 0 Å². The second kappa shape index (κ2) is 15.4. The maximum atomic E-state index is 15.9. The molecule has 0 aliphatic rings. The van der Waals surface area contributed by atoms with Gasteiger partial charge in [0.25, 0.3) is 17.7 Å². The number of hydrogen-bond donors (Lipinski definition) is 6. The molecular weight excluding hydrogens is 600 g/mol. The average molecular weight is 634 g/mol. The lowest BCUT2D eigenvalue weighted by Gasteiger charge is -2.19. The van der Waals surface area contributed by atoms with E-state index in [4.69, 9.17) is 25.7 Å². The van der Waals surface area contributed by atoms with Crippen molar-refractivity contribution >= 4 is 23.4 Å². The lowest BCUT2D eigenvalue weighted by molar-refractivity contribution is 0.0694. The van der Waals surface area contributed by atoms with Crippen LogP contribution in [0.15, 0.2) is 72.8 Å². The van der Waals surface area contributed by atoms with Gasteiger partial charge in [-0.3, -0.25) is 10.2 Å². The molecule has 3 aromatic carbocycles. The number of aryl methyl sites for hydroxylation is 1. The highest BCUT2D eigenvalue weighted by Crippen LogP contribution is 2.37. The number of carboxylic acids is 1. The van der Waals surface area contributed by atoms with Gasteiger partial charge in [-0.1, -0.05) is 42.5 Å². The van der Waals surface area contributed by atoms with Crippen LogP contribution in [0.1, 0.15) is 51.6 Å². The number of aromatic nitrogens is 1. The number of hydrogen-bond acceptors (Lipinski definition) is 8. The van der Waals surface area contributed by atoms with Crippen molar-refractivity contribution in [3.05, 3.63) is 107 Å². The zero-order chi connectivity index (χ0) is 33.2. The maximum absolute atomic E-state index is 15.9. The second-order valence-electron chi connectivity index (χ2n) is 10.3. The van der Waals surface area contributed by atoms with Crippen LogP contribution in [-0.4, -0.2) is 52.1 Å². The van der Waals surface area contributed by atoms with Gasteiger partial charge in [-0.05, 0) is 62.1 Å². The smallest absolute Gasteiger partial charge is 0.339 e. The molecule has 13 heteroatoms. The van der Waals surface area contributed by atoms with Gasteiger partial charge in [0.1, 0.15) is 28.6 Å². The Balaban J connectivity index is 1.70. The van der Waals surface area contributed by atoms with E-state index in [2.05, 4.69) is 15.6 Å². The highest BCUT2D eigenvalue weighted by molar-refractivity contribution is 5.99. The zero-order valence-electron chi connectivity index (χ0n) is 24.8. The van der Waals surface area contributed by atoms with Crippen LogP contribution in [0.5, 0.6) is 23.3 Å². The van der Waals surface area contributed by atoms with Crippen molar-refractivity contribution in [3.63, 3.8) is 0 Å². The fourth-order valence-corrected chi connectivity index (χ4v) is 4.36. The van der Waals surface area contributed by atoms with Crippen molar-refractivity contribution in [2.24, 2.45) is 5.73 Å². The molecule has 0 saturated heterocycles. The number of nitrogen functional groups attached to an aromatic ring is 1. The number of aliphatic hydroxyl groups is 1. The minimum Gasteiger partial charge on any atom is -0.478 e. The molecule has 4 rings (SSSR count). The number of carboxylic acid groups (broad SMARTS) is 1. The van der Waals surface area contributed by atoms with Gasteiger partial charge in [0.2, 0.25) is 11.6 Å². The summed E-state index contributed by atoms with van der Waals surface area (Å²) in [7, 11) is 0. The number of rotatable bonds is 15. The van der Waals surface area contributed by atoms with E-state index in [9.17, 15) is 14.7 Å². The molecule has 1 aromatic heterocycles. The van der Waals surface area contributed by atoms with Gasteiger partial charge >= 0.3 is 5.97 Å². The minimum absolute atomic E-state index is 0.0146. The van der Waals surface area contributed by atoms with Crippen molar-refractivity contribution in [2.45, 2.75) is 32.2 Å².